The third-order valence-electron chi connectivity index (χ3n) is 3.01. The van der Waals surface area contributed by atoms with Gasteiger partial charge in [0, 0.05) is 11.6 Å². The summed E-state index contributed by atoms with van der Waals surface area (Å²) in [6.45, 7) is 0. The summed E-state index contributed by atoms with van der Waals surface area (Å²) in [5.41, 5.74) is 1.60. The van der Waals surface area contributed by atoms with Crippen LogP contribution in [0.5, 0.6) is 5.75 Å². The Morgan fingerprint density at radius 1 is 1.05 bits per heavy atom. The molecule has 0 N–H and O–H groups in total. The number of hydrogen-bond donors (Lipinski definition) is 0. The molecule has 0 amide bonds. The Bertz CT molecular complexity index is 783. The molecule has 0 atom stereocenters. The molecule has 0 aliphatic heterocycles. The van der Waals surface area contributed by atoms with Gasteiger partial charge in [0.25, 0.3) is 0 Å². The Hall–Kier alpha value is -2.62. The van der Waals surface area contributed by atoms with Crippen molar-refractivity contribution in [3.05, 3.63) is 78.2 Å². The fourth-order valence-corrected chi connectivity index (χ4v) is 2.04. The summed E-state index contributed by atoms with van der Waals surface area (Å²) in [6, 6.07) is 16.0. The molecule has 101 valence electrons. The second kappa shape index (κ2) is 6.22. The summed E-state index contributed by atoms with van der Waals surface area (Å²) in [6.07, 6.45) is 3.51. The molecule has 4 heteroatoms. The number of aromatic nitrogens is 1. The highest BCUT2D eigenvalue weighted by molar-refractivity contribution is 6.37. The third-order valence-corrected chi connectivity index (χ3v) is 3.01. The first kappa shape index (κ1) is 13.4. The minimum absolute atomic E-state index is 0.253. The first-order valence-electron chi connectivity index (χ1n) is 6.59. The zero-order valence-electron chi connectivity index (χ0n) is 11.2. The lowest BCUT2D eigenvalue weighted by molar-refractivity contribution is 0.610. The first-order valence-corrected chi connectivity index (χ1v) is 6.59. The van der Waals surface area contributed by atoms with Crippen LogP contribution in [0.1, 0.15) is 5.56 Å². The maximum absolute atomic E-state index is 13.0. The van der Waals surface area contributed by atoms with Gasteiger partial charge >= 0.3 is 7.48 Å². The van der Waals surface area contributed by atoms with E-state index in [1.54, 1.807) is 31.8 Å². The van der Waals surface area contributed by atoms with E-state index in [1.165, 1.54) is 12.1 Å². The van der Waals surface area contributed by atoms with Crippen LogP contribution in [0.15, 0.2) is 66.8 Å². The number of fused-ring (bicyclic) bond motifs is 1. The van der Waals surface area contributed by atoms with Crippen molar-refractivity contribution in [1.29, 1.82) is 0 Å². The Morgan fingerprint density at radius 3 is 2.81 bits per heavy atom. The molecule has 1 aromatic heterocycles. The van der Waals surface area contributed by atoms with Crippen molar-refractivity contribution in [1.82, 2.24) is 4.98 Å². The molecule has 0 aliphatic carbocycles. The predicted octanol–water partition coefficient (Wildman–Crippen LogP) is 4.04. The van der Waals surface area contributed by atoms with E-state index in [4.69, 9.17) is 4.65 Å². The molecule has 0 bridgehead atoms. The first-order chi connectivity index (χ1) is 10.3. The van der Waals surface area contributed by atoms with Crippen LogP contribution in [-0.4, -0.2) is 12.5 Å². The Labute approximate surface area is 123 Å². The van der Waals surface area contributed by atoms with Crippen molar-refractivity contribution >= 4 is 24.5 Å². The predicted molar refractivity (Wildman–Crippen MR) is 83.6 cm³/mol. The van der Waals surface area contributed by atoms with Crippen LogP contribution in [-0.2, 0) is 0 Å². The van der Waals surface area contributed by atoms with E-state index in [-0.39, 0.29) is 5.82 Å². The molecule has 2 nitrogen and oxygen atoms in total. The molecule has 0 fully saturated rings. The van der Waals surface area contributed by atoms with Crippen molar-refractivity contribution in [2.24, 2.45) is 0 Å². The highest BCUT2D eigenvalue weighted by atomic mass is 19.1. The molecular weight excluding hydrogens is 264 g/mol. The summed E-state index contributed by atoms with van der Waals surface area (Å²) in [5.74, 6) is 2.17. The SMILES string of the molecule is Fc1cccc(C=C[B]Oc2cccc3cccnc23)c1. The standard InChI is InChI=1S/C17H12BFNO/c19-15-7-1-4-13(12-15)9-10-18-21-16-8-2-5-14-6-3-11-20-17(14)16/h1-12H. The number of hydrogen-bond acceptors (Lipinski definition) is 2. The number of benzene rings is 2. The summed E-state index contributed by atoms with van der Waals surface area (Å²) in [4.78, 5) is 4.31. The van der Waals surface area contributed by atoms with Crippen molar-refractivity contribution in [3.63, 3.8) is 0 Å². The van der Waals surface area contributed by atoms with Crippen LogP contribution < -0.4 is 4.65 Å². The van der Waals surface area contributed by atoms with E-state index in [0.717, 1.165) is 16.5 Å². The zero-order chi connectivity index (χ0) is 14.5. The van der Waals surface area contributed by atoms with E-state index in [1.807, 2.05) is 36.4 Å². The van der Waals surface area contributed by atoms with Gasteiger partial charge in [-0.2, -0.15) is 0 Å². The van der Waals surface area contributed by atoms with Crippen LogP contribution in [0.25, 0.3) is 17.0 Å². The number of halogens is 1. The van der Waals surface area contributed by atoms with Crippen molar-refractivity contribution in [2.45, 2.75) is 0 Å². The van der Waals surface area contributed by atoms with E-state index >= 15 is 0 Å². The Balaban J connectivity index is 1.70. The molecule has 0 aliphatic rings. The highest BCUT2D eigenvalue weighted by Gasteiger charge is 2.01. The molecule has 3 rings (SSSR count). The monoisotopic (exact) mass is 276 g/mol. The average Bonchev–Trinajstić information content (AvgIpc) is 2.52. The van der Waals surface area contributed by atoms with E-state index < -0.39 is 0 Å². The fourth-order valence-electron chi connectivity index (χ4n) is 2.04. The van der Waals surface area contributed by atoms with Crippen molar-refractivity contribution in [2.75, 3.05) is 0 Å². The maximum Gasteiger partial charge on any atom is 0.401 e. The Morgan fingerprint density at radius 2 is 1.90 bits per heavy atom. The van der Waals surface area contributed by atoms with Gasteiger partial charge in [0.15, 0.2) is 0 Å². The van der Waals surface area contributed by atoms with Gasteiger partial charge in [-0.3, -0.25) is 4.98 Å². The largest absolute Gasteiger partial charge is 0.557 e. The van der Waals surface area contributed by atoms with Crippen LogP contribution in [0.3, 0.4) is 0 Å². The molecule has 3 aromatic rings. The van der Waals surface area contributed by atoms with E-state index in [9.17, 15) is 4.39 Å². The number of rotatable bonds is 4. The van der Waals surface area contributed by atoms with Gasteiger partial charge in [-0.1, -0.05) is 42.4 Å². The van der Waals surface area contributed by atoms with Gasteiger partial charge in [0.05, 0.1) is 0 Å². The van der Waals surface area contributed by atoms with Crippen LogP contribution in [0, 0.1) is 5.82 Å². The molecule has 2 aromatic carbocycles. The van der Waals surface area contributed by atoms with Crippen molar-refractivity contribution < 1.29 is 9.04 Å². The van der Waals surface area contributed by atoms with Gasteiger partial charge in [-0.15, -0.1) is 0 Å². The topological polar surface area (TPSA) is 22.1 Å². The third kappa shape index (κ3) is 3.29. The van der Waals surface area contributed by atoms with Crippen LogP contribution >= 0.6 is 0 Å². The van der Waals surface area contributed by atoms with Gasteiger partial charge in [-0.05, 0) is 29.8 Å². The zero-order valence-corrected chi connectivity index (χ0v) is 11.2. The summed E-state index contributed by atoms with van der Waals surface area (Å²) < 4.78 is 18.6. The smallest absolute Gasteiger partial charge is 0.401 e. The quantitative estimate of drug-likeness (QED) is 0.671. The summed E-state index contributed by atoms with van der Waals surface area (Å²) in [5, 5.41) is 1.03. The van der Waals surface area contributed by atoms with Gasteiger partial charge < -0.3 is 4.65 Å². The molecule has 0 spiro atoms. The van der Waals surface area contributed by atoms with E-state index in [0.29, 0.717) is 5.75 Å². The summed E-state index contributed by atoms with van der Waals surface area (Å²) in [7, 11) is 1.56. The molecule has 0 saturated carbocycles. The Kier molecular flexibility index (Phi) is 3.96. The lowest BCUT2D eigenvalue weighted by atomic mass is 9.99. The van der Waals surface area contributed by atoms with Gasteiger partial charge in [0.2, 0.25) is 0 Å². The molecule has 0 unspecified atom stereocenters. The van der Waals surface area contributed by atoms with Crippen molar-refractivity contribution in [3.8, 4) is 5.75 Å². The maximum atomic E-state index is 13.0. The second-order valence-corrected chi connectivity index (χ2v) is 4.50. The molecular formula is C17H12BFNO. The minimum atomic E-state index is -0.253. The number of nitrogens with zero attached hydrogens (tertiary/aromatic N) is 1. The van der Waals surface area contributed by atoms with Crippen LogP contribution in [0.4, 0.5) is 4.39 Å². The van der Waals surface area contributed by atoms with E-state index in [2.05, 4.69) is 4.98 Å². The minimum Gasteiger partial charge on any atom is -0.557 e. The number of para-hydroxylation sites is 1. The molecule has 21 heavy (non-hydrogen) atoms. The van der Waals surface area contributed by atoms with Gasteiger partial charge in [0.1, 0.15) is 17.1 Å². The average molecular weight is 276 g/mol. The lowest BCUT2D eigenvalue weighted by Crippen LogP contribution is -1.99. The molecule has 1 radical (unpaired) electrons. The van der Waals surface area contributed by atoms with Crippen LogP contribution in [0.2, 0.25) is 0 Å². The highest BCUT2D eigenvalue weighted by Crippen LogP contribution is 2.22. The van der Waals surface area contributed by atoms with Gasteiger partial charge in [-0.25, -0.2) is 4.39 Å². The summed E-state index contributed by atoms with van der Waals surface area (Å²) >= 11 is 0. The normalized spacial score (nSPS) is 10.9. The number of pyridine rings is 1. The molecule has 1 heterocycles. The fraction of sp³-hybridized carbons (Fsp3) is 0. The molecule has 0 saturated heterocycles. The second-order valence-electron chi connectivity index (χ2n) is 4.50. The lowest BCUT2D eigenvalue weighted by Gasteiger charge is -2.05.